The molecule has 0 unspecified atom stereocenters. The van der Waals surface area contributed by atoms with Gasteiger partial charge in [0.2, 0.25) is 5.56 Å². The number of H-pyrrole nitrogens is 2. The number of nitrogens with zero attached hydrogens (tertiary/aromatic N) is 1. The van der Waals surface area contributed by atoms with Gasteiger partial charge in [-0.3, -0.25) is 9.59 Å². The maximum Gasteiger partial charge on any atom is 0.253 e. The smallest absolute Gasteiger partial charge is 0.253 e. The van der Waals surface area contributed by atoms with Gasteiger partial charge >= 0.3 is 0 Å². The molecule has 6 nitrogen and oxygen atoms in total. The van der Waals surface area contributed by atoms with Crippen LogP contribution in [0.2, 0.25) is 0 Å². The summed E-state index contributed by atoms with van der Waals surface area (Å²) in [6, 6.07) is 10.2. The second kappa shape index (κ2) is 5.24. The molecule has 0 spiro atoms. The molecule has 0 saturated carbocycles. The largest absolute Gasteiger partial charge is 0.342 e. The molecule has 3 N–H and O–H groups in total. The number of benzene rings is 1. The first-order valence-corrected chi connectivity index (χ1v) is 6.58. The van der Waals surface area contributed by atoms with Gasteiger partial charge in [0.25, 0.3) is 5.91 Å². The number of imidazole rings is 1. The maximum absolute atomic E-state index is 12.1. The number of carbonyl (C=O) groups excluding carboxylic acids is 1. The van der Waals surface area contributed by atoms with E-state index in [1.807, 2.05) is 31.2 Å². The molecule has 0 aliphatic carbocycles. The fourth-order valence-corrected chi connectivity index (χ4v) is 2.08. The van der Waals surface area contributed by atoms with Crippen LogP contribution in [0.4, 0.5) is 0 Å². The van der Waals surface area contributed by atoms with E-state index < -0.39 is 0 Å². The molecule has 106 valence electrons. The number of nitrogens with one attached hydrogen (secondary N) is 3. The standard InChI is InChI=1S/C15H14N4O2/c1-9(14-18-11-4-2-3-5-12(11)19-14)17-15(21)10-6-7-13(20)16-8-10/h2-9H,1H3,(H,16,20)(H,17,21)(H,18,19)/t9-/m1/s1. The first kappa shape index (κ1) is 13.1. The number of pyridine rings is 1. The summed E-state index contributed by atoms with van der Waals surface area (Å²) in [7, 11) is 0. The third-order valence-corrected chi connectivity index (χ3v) is 3.21. The second-order valence-electron chi connectivity index (χ2n) is 4.78. The minimum absolute atomic E-state index is 0.239. The lowest BCUT2D eigenvalue weighted by Gasteiger charge is -2.11. The van der Waals surface area contributed by atoms with Gasteiger partial charge in [0.15, 0.2) is 0 Å². The zero-order valence-corrected chi connectivity index (χ0v) is 11.4. The zero-order valence-electron chi connectivity index (χ0n) is 11.4. The van der Waals surface area contributed by atoms with Crippen molar-refractivity contribution in [2.24, 2.45) is 0 Å². The molecule has 0 radical (unpaired) electrons. The zero-order chi connectivity index (χ0) is 14.8. The number of para-hydroxylation sites is 2. The highest BCUT2D eigenvalue weighted by Gasteiger charge is 2.14. The second-order valence-corrected chi connectivity index (χ2v) is 4.78. The molecule has 21 heavy (non-hydrogen) atoms. The van der Waals surface area contributed by atoms with E-state index in [9.17, 15) is 9.59 Å². The summed E-state index contributed by atoms with van der Waals surface area (Å²) in [6.07, 6.45) is 1.39. The van der Waals surface area contributed by atoms with Crippen LogP contribution in [0, 0.1) is 0 Å². The average Bonchev–Trinajstić information content (AvgIpc) is 2.92. The van der Waals surface area contributed by atoms with E-state index in [0.29, 0.717) is 11.4 Å². The van der Waals surface area contributed by atoms with Crippen LogP contribution in [0.15, 0.2) is 47.4 Å². The minimum Gasteiger partial charge on any atom is -0.342 e. The molecule has 3 rings (SSSR count). The molecule has 2 aromatic heterocycles. The summed E-state index contributed by atoms with van der Waals surface area (Å²) >= 11 is 0. The van der Waals surface area contributed by atoms with E-state index in [-0.39, 0.29) is 17.5 Å². The number of hydrogen-bond donors (Lipinski definition) is 3. The van der Waals surface area contributed by atoms with Crippen molar-refractivity contribution in [3.63, 3.8) is 0 Å². The lowest BCUT2D eigenvalue weighted by Crippen LogP contribution is -2.27. The van der Waals surface area contributed by atoms with E-state index in [0.717, 1.165) is 11.0 Å². The van der Waals surface area contributed by atoms with Gasteiger partial charge in [-0.25, -0.2) is 4.98 Å². The molecule has 0 aliphatic rings. The Bertz CT molecular complexity index is 797. The van der Waals surface area contributed by atoms with Gasteiger partial charge in [-0.2, -0.15) is 0 Å². The SMILES string of the molecule is C[C@@H](NC(=O)c1ccc(=O)[nH]c1)c1nc2ccccc2[nH]1. The summed E-state index contributed by atoms with van der Waals surface area (Å²) in [5.41, 5.74) is 1.95. The quantitative estimate of drug-likeness (QED) is 0.683. The Balaban J connectivity index is 1.79. The van der Waals surface area contributed by atoms with Crippen LogP contribution in [-0.4, -0.2) is 20.9 Å². The Morgan fingerprint density at radius 3 is 2.76 bits per heavy atom. The Hall–Kier alpha value is -2.89. The minimum atomic E-state index is -0.267. The summed E-state index contributed by atoms with van der Waals surface area (Å²) in [4.78, 5) is 33.2. The third kappa shape index (κ3) is 2.69. The summed E-state index contributed by atoms with van der Waals surface area (Å²) in [6.45, 7) is 1.85. The Labute approximate surface area is 120 Å². The molecule has 0 fully saturated rings. The van der Waals surface area contributed by atoms with Gasteiger partial charge in [-0.05, 0) is 25.1 Å². The summed E-state index contributed by atoms with van der Waals surface area (Å²) in [5, 5.41) is 2.84. The fraction of sp³-hybridized carbons (Fsp3) is 0.133. The Morgan fingerprint density at radius 1 is 1.24 bits per heavy atom. The van der Waals surface area contributed by atoms with E-state index >= 15 is 0 Å². The molecular weight excluding hydrogens is 268 g/mol. The molecular formula is C15H14N4O2. The summed E-state index contributed by atoms with van der Waals surface area (Å²) < 4.78 is 0. The molecule has 0 bridgehead atoms. The number of hydrogen-bond acceptors (Lipinski definition) is 3. The molecule has 1 atom stereocenters. The molecule has 1 amide bonds. The van der Waals surface area contributed by atoms with Gasteiger partial charge < -0.3 is 15.3 Å². The Kier molecular flexibility index (Phi) is 3.27. The molecule has 2 heterocycles. The number of rotatable bonds is 3. The average molecular weight is 282 g/mol. The maximum atomic E-state index is 12.1. The number of fused-ring (bicyclic) bond motifs is 1. The van der Waals surface area contributed by atoms with Gasteiger partial charge in [-0.15, -0.1) is 0 Å². The molecule has 3 aromatic rings. The van der Waals surface area contributed by atoms with Crippen LogP contribution >= 0.6 is 0 Å². The van der Waals surface area contributed by atoms with Crippen LogP contribution < -0.4 is 10.9 Å². The van der Waals surface area contributed by atoms with Gasteiger partial charge in [0.1, 0.15) is 5.82 Å². The highest BCUT2D eigenvalue weighted by Crippen LogP contribution is 2.15. The lowest BCUT2D eigenvalue weighted by atomic mass is 10.2. The molecule has 6 heteroatoms. The van der Waals surface area contributed by atoms with Crippen LogP contribution in [0.3, 0.4) is 0 Å². The van der Waals surface area contributed by atoms with E-state index in [1.165, 1.54) is 18.3 Å². The van der Waals surface area contributed by atoms with Crippen molar-refractivity contribution in [1.82, 2.24) is 20.3 Å². The first-order valence-electron chi connectivity index (χ1n) is 6.58. The molecule has 0 aliphatic heterocycles. The van der Waals surface area contributed by atoms with Gasteiger partial charge in [0, 0.05) is 12.3 Å². The Morgan fingerprint density at radius 2 is 2.05 bits per heavy atom. The van der Waals surface area contributed by atoms with Gasteiger partial charge in [0.05, 0.1) is 22.6 Å². The van der Waals surface area contributed by atoms with E-state index in [1.54, 1.807) is 0 Å². The van der Waals surface area contributed by atoms with Crippen LogP contribution in [-0.2, 0) is 0 Å². The van der Waals surface area contributed by atoms with Crippen molar-refractivity contribution in [2.45, 2.75) is 13.0 Å². The van der Waals surface area contributed by atoms with Crippen molar-refractivity contribution < 1.29 is 4.79 Å². The van der Waals surface area contributed by atoms with Crippen LogP contribution in [0.5, 0.6) is 0 Å². The predicted molar refractivity (Wildman–Crippen MR) is 79.0 cm³/mol. The number of aromatic amines is 2. The normalized spacial score (nSPS) is 12.2. The summed E-state index contributed by atoms with van der Waals surface area (Å²) in [5.74, 6) is 0.424. The highest BCUT2D eigenvalue weighted by atomic mass is 16.2. The van der Waals surface area contributed by atoms with E-state index in [4.69, 9.17) is 0 Å². The van der Waals surface area contributed by atoms with E-state index in [2.05, 4.69) is 20.3 Å². The van der Waals surface area contributed by atoms with Crippen molar-refractivity contribution in [2.75, 3.05) is 0 Å². The van der Waals surface area contributed by atoms with Crippen LogP contribution in [0.1, 0.15) is 29.1 Å². The molecule has 0 saturated heterocycles. The number of aromatic nitrogens is 3. The van der Waals surface area contributed by atoms with Crippen molar-refractivity contribution >= 4 is 16.9 Å². The number of carbonyl (C=O) groups is 1. The topological polar surface area (TPSA) is 90.6 Å². The fourth-order valence-electron chi connectivity index (χ4n) is 2.08. The van der Waals surface area contributed by atoms with Gasteiger partial charge in [-0.1, -0.05) is 12.1 Å². The van der Waals surface area contributed by atoms with Crippen molar-refractivity contribution in [1.29, 1.82) is 0 Å². The molecule has 1 aromatic carbocycles. The predicted octanol–water partition coefficient (Wildman–Crippen LogP) is 1.74. The van der Waals surface area contributed by atoms with Crippen molar-refractivity contribution in [3.05, 3.63) is 64.3 Å². The highest BCUT2D eigenvalue weighted by molar-refractivity contribution is 5.94. The lowest BCUT2D eigenvalue weighted by molar-refractivity contribution is 0.0938. The first-order chi connectivity index (χ1) is 10.1. The van der Waals surface area contributed by atoms with Crippen LogP contribution in [0.25, 0.3) is 11.0 Å². The van der Waals surface area contributed by atoms with Crippen molar-refractivity contribution in [3.8, 4) is 0 Å². The third-order valence-electron chi connectivity index (χ3n) is 3.21. The monoisotopic (exact) mass is 282 g/mol. The number of amides is 1.